The number of hydrogen-bond acceptors (Lipinski definition) is 3. The van der Waals surface area contributed by atoms with Gasteiger partial charge in [-0.3, -0.25) is 11.3 Å². The molecule has 3 unspecified atom stereocenters. The lowest BCUT2D eigenvalue weighted by Gasteiger charge is -2.17. The topological polar surface area (TPSA) is 47.3 Å². The van der Waals surface area contributed by atoms with Gasteiger partial charge in [-0.25, -0.2) is 0 Å². The molecule has 0 amide bonds. The summed E-state index contributed by atoms with van der Waals surface area (Å²) in [6, 6.07) is 5.81. The van der Waals surface area contributed by atoms with Crippen LogP contribution in [0.1, 0.15) is 24.9 Å². The number of halogens is 3. The second kappa shape index (κ2) is 4.78. The van der Waals surface area contributed by atoms with Gasteiger partial charge in [0.25, 0.3) is 0 Å². The number of hydrazine groups is 1. The van der Waals surface area contributed by atoms with Crippen LogP contribution in [0, 0.1) is 11.8 Å². The van der Waals surface area contributed by atoms with Crippen LogP contribution in [0.5, 0.6) is 5.75 Å². The summed E-state index contributed by atoms with van der Waals surface area (Å²) in [5.41, 5.74) is 3.38. The number of nitrogens with two attached hydrogens (primary N) is 1. The van der Waals surface area contributed by atoms with E-state index in [0.29, 0.717) is 17.4 Å². The van der Waals surface area contributed by atoms with E-state index >= 15 is 0 Å². The van der Waals surface area contributed by atoms with Gasteiger partial charge < -0.3 is 4.74 Å². The van der Waals surface area contributed by atoms with Gasteiger partial charge in [-0.2, -0.15) is 0 Å². The Balaban J connectivity index is 2.15. The van der Waals surface area contributed by atoms with Crippen molar-refractivity contribution < 1.29 is 17.9 Å². The third-order valence-corrected chi connectivity index (χ3v) is 3.23. The predicted octanol–water partition coefficient (Wildman–Crippen LogP) is 2.75. The lowest BCUT2D eigenvalue weighted by molar-refractivity contribution is -0.274. The molecule has 1 aromatic rings. The number of nitrogens with one attached hydrogen (secondary N) is 1. The summed E-state index contributed by atoms with van der Waals surface area (Å²) in [5.74, 6) is 6.17. The number of hydrogen-bond donors (Lipinski definition) is 2. The highest BCUT2D eigenvalue weighted by Gasteiger charge is 2.40. The highest BCUT2D eigenvalue weighted by molar-refractivity contribution is 5.31. The zero-order chi connectivity index (χ0) is 13.3. The first-order chi connectivity index (χ1) is 8.40. The standard InChI is InChI=1S/C12H15F3N2O/c1-7-5-10(7)11(17-16)8-3-2-4-9(6-8)18-12(13,14)15/h2-4,6-7,10-11,17H,5,16H2,1H3. The molecule has 3 nitrogen and oxygen atoms in total. The molecule has 0 saturated heterocycles. The molecule has 2 rings (SSSR count). The molecule has 0 bridgehead atoms. The highest BCUT2D eigenvalue weighted by Crippen LogP contribution is 2.47. The van der Waals surface area contributed by atoms with Crippen molar-refractivity contribution in [2.24, 2.45) is 17.7 Å². The average Bonchev–Trinajstić information content (AvgIpc) is 2.94. The molecule has 1 fully saturated rings. The smallest absolute Gasteiger partial charge is 0.406 e. The first-order valence-corrected chi connectivity index (χ1v) is 5.72. The number of ether oxygens (including phenoxy) is 1. The fraction of sp³-hybridized carbons (Fsp3) is 0.500. The number of alkyl halides is 3. The lowest BCUT2D eigenvalue weighted by atomic mass is 10.0. The van der Waals surface area contributed by atoms with Crippen molar-refractivity contribution in [3.8, 4) is 5.75 Å². The fourth-order valence-corrected chi connectivity index (χ4v) is 2.19. The van der Waals surface area contributed by atoms with Crippen LogP contribution in [0.2, 0.25) is 0 Å². The summed E-state index contributed by atoms with van der Waals surface area (Å²) < 4.78 is 40.3. The van der Waals surface area contributed by atoms with Crippen molar-refractivity contribution in [1.29, 1.82) is 0 Å². The van der Waals surface area contributed by atoms with E-state index in [4.69, 9.17) is 5.84 Å². The normalized spacial score (nSPS) is 24.7. The third kappa shape index (κ3) is 3.14. The molecular formula is C12H15F3N2O. The molecule has 100 valence electrons. The Morgan fingerprint density at radius 3 is 2.61 bits per heavy atom. The fourth-order valence-electron chi connectivity index (χ4n) is 2.19. The SMILES string of the molecule is CC1CC1C(NN)c1cccc(OC(F)(F)F)c1. The molecule has 0 heterocycles. The molecule has 0 aliphatic heterocycles. The summed E-state index contributed by atoms with van der Waals surface area (Å²) in [6.45, 7) is 2.09. The van der Waals surface area contributed by atoms with Gasteiger partial charge >= 0.3 is 6.36 Å². The quantitative estimate of drug-likeness (QED) is 0.646. The van der Waals surface area contributed by atoms with E-state index in [1.807, 2.05) is 0 Å². The van der Waals surface area contributed by atoms with Crippen LogP contribution in [0.3, 0.4) is 0 Å². The van der Waals surface area contributed by atoms with Crippen molar-refractivity contribution >= 4 is 0 Å². The maximum absolute atomic E-state index is 12.1. The van der Waals surface area contributed by atoms with E-state index in [9.17, 15) is 13.2 Å². The molecule has 3 N–H and O–H groups in total. The van der Waals surface area contributed by atoms with E-state index in [1.54, 1.807) is 6.07 Å². The second-order valence-corrected chi connectivity index (χ2v) is 4.64. The molecular weight excluding hydrogens is 245 g/mol. The van der Waals surface area contributed by atoms with Gasteiger partial charge in [-0.15, -0.1) is 13.2 Å². The van der Waals surface area contributed by atoms with Gasteiger partial charge in [0.2, 0.25) is 0 Å². The van der Waals surface area contributed by atoms with Crippen molar-refractivity contribution in [1.82, 2.24) is 5.43 Å². The van der Waals surface area contributed by atoms with E-state index in [0.717, 1.165) is 6.42 Å². The van der Waals surface area contributed by atoms with Crippen LogP contribution in [0.25, 0.3) is 0 Å². The maximum atomic E-state index is 12.1. The minimum Gasteiger partial charge on any atom is -0.406 e. The minimum absolute atomic E-state index is 0.128. The van der Waals surface area contributed by atoms with Gasteiger partial charge in [-0.1, -0.05) is 19.1 Å². The van der Waals surface area contributed by atoms with E-state index in [2.05, 4.69) is 17.1 Å². The summed E-state index contributed by atoms with van der Waals surface area (Å²) in [4.78, 5) is 0. The predicted molar refractivity (Wildman–Crippen MR) is 60.5 cm³/mol. The molecule has 0 spiro atoms. The summed E-state index contributed by atoms with van der Waals surface area (Å²) in [5, 5.41) is 0. The second-order valence-electron chi connectivity index (χ2n) is 4.64. The van der Waals surface area contributed by atoms with Crippen molar-refractivity contribution in [3.05, 3.63) is 29.8 Å². The van der Waals surface area contributed by atoms with Crippen molar-refractivity contribution in [2.75, 3.05) is 0 Å². The first kappa shape index (κ1) is 13.2. The number of benzene rings is 1. The Morgan fingerprint density at radius 2 is 2.11 bits per heavy atom. The lowest BCUT2D eigenvalue weighted by Crippen LogP contribution is -2.30. The van der Waals surface area contributed by atoms with Crippen LogP contribution in [-0.2, 0) is 0 Å². The first-order valence-electron chi connectivity index (χ1n) is 5.72. The maximum Gasteiger partial charge on any atom is 0.573 e. The zero-order valence-corrected chi connectivity index (χ0v) is 9.87. The van der Waals surface area contributed by atoms with Gasteiger partial charge in [0.1, 0.15) is 5.75 Å². The molecule has 0 aromatic heterocycles. The highest BCUT2D eigenvalue weighted by atomic mass is 19.4. The Bertz CT molecular complexity index is 422. The van der Waals surface area contributed by atoms with Crippen LogP contribution >= 0.6 is 0 Å². The third-order valence-electron chi connectivity index (χ3n) is 3.23. The molecule has 1 aliphatic carbocycles. The molecule has 18 heavy (non-hydrogen) atoms. The Labute approximate surface area is 103 Å². The molecule has 6 heteroatoms. The zero-order valence-electron chi connectivity index (χ0n) is 9.87. The van der Waals surface area contributed by atoms with Gasteiger partial charge in [-0.05, 0) is 36.0 Å². The van der Waals surface area contributed by atoms with E-state index < -0.39 is 6.36 Å². The van der Waals surface area contributed by atoms with Crippen LogP contribution in [0.15, 0.2) is 24.3 Å². The minimum atomic E-state index is -4.67. The van der Waals surface area contributed by atoms with Crippen molar-refractivity contribution in [2.45, 2.75) is 25.7 Å². The van der Waals surface area contributed by atoms with E-state index in [-0.39, 0.29) is 11.8 Å². The monoisotopic (exact) mass is 260 g/mol. The van der Waals surface area contributed by atoms with Gasteiger partial charge in [0.05, 0.1) is 0 Å². The molecule has 1 aromatic carbocycles. The van der Waals surface area contributed by atoms with Crippen molar-refractivity contribution in [3.63, 3.8) is 0 Å². The largest absolute Gasteiger partial charge is 0.573 e. The molecule has 1 aliphatic rings. The van der Waals surface area contributed by atoms with E-state index in [1.165, 1.54) is 18.2 Å². The Morgan fingerprint density at radius 1 is 1.44 bits per heavy atom. The van der Waals surface area contributed by atoms with Crippen LogP contribution < -0.4 is 16.0 Å². The Kier molecular flexibility index (Phi) is 3.49. The molecule has 3 atom stereocenters. The summed E-state index contributed by atoms with van der Waals surface area (Å²) in [7, 11) is 0. The van der Waals surface area contributed by atoms with Crippen LogP contribution in [-0.4, -0.2) is 6.36 Å². The Hall–Kier alpha value is -1.27. The average molecular weight is 260 g/mol. The van der Waals surface area contributed by atoms with Gasteiger partial charge in [0, 0.05) is 6.04 Å². The molecule has 1 saturated carbocycles. The molecule has 0 radical (unpaired) electrons. The van der Waals surface area contributed by atoms with Crippen LogP contribution in [0.4, 0.5) is 13.2 Å². The summed E-state index contributed by atoms with van der Waals surface area (Å²) in [6.07, 6.45) is -3.64. The summed E-state index contributed by atoms with van der Waals surface area (Å²) >= 11 is 0. The van der Waals surface area contributed by atoms with Gasteiger partial charge in [0.15, 0.2) is 0 Å². The number of rotatable bonds is 4.